The van der Waals surface area contributed by atoms with Crippen LogP contribution in [0, 0.1) is 5.82 Å². The number of nitrogens with one attached hydrogen (secondary N) is 2. The van der Waals surface area contributed by atoms with Crippen LogP contribution in [0.5, 0.6) is 0 Å². The van der Waals surface area contributed by atoms with Crippen LogP contribution in [0.4, 0.5) is 10.1 Å². The van der Waals surface area contributed by atoms with Crippen LogP contribution in [0.15, 0.2) is 36.8 Å². The monoisotopic (exact) mass is 205 g/mol. The first-order valence-corrected chi connectivity index (χ1v) is 4.32. The van der Waals surface area contributed by atoms with Crippen molar-refractivity contribution < 1.29 is 9.18 Å². The lowest BCUT2D eigenvalue weighted by molar-refractivity contribution is 0.102. The maximum atomic E-state index is 13.1. The summed E-state index contributed by atoms with van der Waals surface area (Å²) in [4.78, 5) is 17.9. The van der Waals surface area contributed by atoms with Crippen LogP contribution in [0.25, 0.3) is 0 Å². The van der Waals surface area contributed by atoms with Gasteiger partial charge in [0.2, 0.25) is 0 Å². The van der Waals surface area contributed by atoms with E-state index in [2.05, 4.69) is 15.3 Å². The Morgan fingerprint density at radius 3 is 2.87 bits per heavy atom. The molecule has 15 heavy (non-hydrogen) atoms. The number of carbonyl (C=O) groups excluding carboxylic acids is 1. The summed E-state index contributed by atoms with van der Waals surface area (Å²) in [6.45, 7) is 0. The molecule has 1 aromatic heterocycles. The zero-order chi connectivity index (χ0) is 10.7. The molecule has 0 aliphatic rings. The Labute approximate surface area is 85.2 Å². The number of hydrogen-bond donors (Lipinski definition) is 2. The van der Waals surface area contributed by atoms with Gasteiger partial charge in [-0.25, -0.2) is 9.37 Å². The molecule has 0 fully saturated rings. The van der Waals surface area contributed by atoms with Gasteiger partial charge in [-0.1, -0.05) is 12.1 Å². The van der Waals surface area contributed by atoms with Crippen LogP contribution in [0.2, 0.25) is 0 Å². The number of rotatable bonds is 2. The number of nitrogens with zero attached hydrogens (tertiary/aromatic N) is 1. The topological polar surface area (TPSA) is 57.8 Å². The predicted octanol–water partition coefficient (Wildman–Crippen LogP) is 1.80. The molecule has 1 aromatic carbocycles. The van der Waals surface area contributed by atoms with Crippen molar-refractivity contribution in [2.45, 2.75) is 0 Å². The lowest BCUT2D eigenvalue weighted by Crippen LogP contribution is -2.13. The minimum atomic E-state index is -0.471. The second-order valence-electron chi connectivity index (χ2n) is 2.89. The Balaban J connectivity index is 2.17. The summed E-state index contributed by atoms with van der Waals surface area (Å²) in [6.07, 6.45) is 2.83. The second-order valence-corrected chi connectivity index (χ2v) is 2.89. The van der Waals surface area contributed by atoms with E-state index in [0.717, 1.165) is 0 Å². The molecule has 1 heterocycles. The zero-order valence-electron chi connectivity index (χ0n) is 7.70. The maximum Gasteiger partial charge on any atom is 0.275 e. The van der Waals surface area contributed by atoms with Gasteiger partial charge in [-0.15, -0.1) is 0 Å². The van der Waals surface area contributed by atoms with Crippen LogP contribution in [-0.4, -0.2) is 15.9 Å². The van der Waals surface area contributed by atoms with Gasteiger partial charge < -0.3 is 10.3 Å². The quantitative estimate of drug-likeness (QED) is 0.785. The average molecular weight is 205 g/mol. The number of anilines is 1. The standard InChI is InChI=1S/C10H8FN3O/c11-7-3-1-2-4-8(7)14-10(15)9-5-12-6-13-9/h1-6H,(H,12,13)(H,14,15). The number of hydrogen-bond acceptors (Lipinski definition) is 2. The average Bonchev–Trinajstić information content (AvgIpc) is 2.74. The molecule has 2 aromatic rings. The summed E-state index contributed by atoms with van der Waals surface area (Å²) in [6, 6.07) is 5.96. The Kier molecular flexibility index (Phi) is 2.45. The van der Waals surface area contributed by atoms with Crippen LogP contribution in [0.1, 0.15) is 10.5 Å². The molecule has 0 aliphatic carbocycles. The molecule has 0 spiro atoms. The normalized spacial score (nSPS) is 9.93. The van der Waals surface area contributed by atoms with Crippen molar-refractivity contribution in [3.8, 4) is 0 Å². The van der Waals surface area contributed by atoms with Gasteiger partial charge in [-0.2, -0.15) is 0 Å². The highest BCUT2D eigenvalue weighted by Gasteiger charge is 2.09. The summed E-state index contributed by atoms with van der Waals surface area (Å²) in [5.74, 6) is -0.914. The third kappa shape index (κ3) is 2.01. The van der Waals surface area contributed by atoms with E-state index in [1.807, 2.05) is 0 Å². The van der Waals surface area contributed by atoms with Crippen LogP contribution in [0.3, 0.4) is 0 Å². The van der Waals surface area contributed by atoms with E-state index >= 15 is 0 Å². The first kappa shape index (κ1) is 9.39. The molecular formula is C10H8FN3O. The molecule has 0 aliphatic heterocycles. The number of aromatic nitrogens is 2. The Morgan fingerprint density at radius 2 is 2.20 bits per heavy atom. The lowest BCUT2D eigenvalue weighted by Gasteiger charge is -2.03. The second kappa shape index (κ2) is 3.91. The molecule has 2 rings (SSSR count). The summed E-state index contributed by atoms with van der Waals surface area (Å²) < 4.78 is 13.1. The number of aromatic amines is 1. The highest BCUT2D eigenvalue weighted by Crippen LogP contribution is 2.13. The molecule has 0 bridgehead atoms. The van der Waals surface area contributed by atoms with Crippen molar-refractivity contribution in [3.05, 3.63) is 48.3 Å². The summed E-state index contributed by atoms with van der Waals surface area (Å²) >= 11 is 0. The zero-order valence-corrected chi connectivity index (χ0v) is 7.70. The SMILES string of the molecule is O=C(Nc1ccccc1F)c1c[nH]cn1. The van der Waals surface area contributed by atoms with Crippen LogP contribution >= 0.6 is 0 Å². The lowest BCUT2D eigenvalue weighted by atomic mass is 10.3. The van der Waals surface area contributed by atoms with E-state index in [0.29, 0.717) is 0 Å². The summed E-state index contributed by atoms with van der Waals surface area (Å²) in [5.41, 5.74) is 0.365. The van der Waals surface area contributed by atoms with Crippen molar-refractivity contribution >= 4 is 11.6 Å². The van der Waals surface area contributed by atoms with Crippen molar-refractivity contribution in [1.82, 2.24) is 9.97 Å². The number of para-hydroxylation sites is 1. The molecule has 1 amide bonds. The van der Waals surface area contributed by atoms with Crippen molar-refractivity contribution in [2.24, 2.45) is 0 Å². The van der Waals surface area contributed by atoms with Crippen molar-refractivity contribution in [2.75, 3.05) is 5.32 Å². The first-order valence-electron chi connectivity index (χ1n) is 4.32. The fraction of sp³-hybridized carbons (Fsp3) is 0. The van der Waals surface area contributed by atoms with Gasteiger partial charge in [-0.05, 0) is 12.1 Å². The van der Waals surface area contributed by atoms with Gasteiger partial charge in [0.15, 0.2) is 0 Å². The third-order valence-electron chi connectivity index (χ3n) is 1.85. The van der Waals surface area contributed by atoms with E-state index in [1.54, 1.807) is 12.1 Å². The molecule has 4 nitrogen and oxygen atoms in total. The number of imidazole rings is 1. The number of H-pyrrole nitrogens is 1. The van der Waals surface area contributed by atoms with Gasteiger partial charge in [0.25, 0.3) is 5.91 Å². The van der Waals surface area contributed by atoms with E-state index in [-0.39, 0.29) is 11.4 Å². The van der Waals surface area contributed by atoms with E-state index < -0.39 is 11.7 Å². The first-order chi connectivity index (χ1) is 7.27. The highest BCUT2D eigenvalue weighted by atomic mass is 19.1. The fourth-order valence-electron chi connectivity index (χ4n) is 1.13. The van der Waals surface area contributed by atoms with Crippen molar-refractivity contribution in [3.63, 3.8) is 0 Å². The number of amides is 1. The molecule has 5 heteroatoms. The third-order valence-corrected chi connectivity index (χ3v) is 1.85. The van der Waals surface area contributed by atoms with E-state index in [1.165, 1.54) is 24.7 Å². The Morgan fingerprint density at radius 1 is 1.40 bits per heavy atom. The minimum absolute atomic E-state index is 0.144. The highest BCUT2D eigenvalue weighted by molar-refractivity contribution is 6.02. The predicted molar refractivity (Wildman–Crippen MR) is 52.9 cm³/mol. The van der Waals surface area contributed by atoms with Crippen LogP contribution < -0.4 is 5.32 Å². The molecule has 76 valence electrons. The molecule has 2 N–H and O–H groups in total. The Bertz CT molecular complexity index is 467. The van der Waals surface area contributed by atoms with Gasteiger partial charge >= 0.3 is 0 Å². The summed E-state index contributed by atoms with van der Waals surface area (Å²) in [5, 5.41) is 2.42. The number of carbonyl (C=O) groups is 1. The molecule has 0 saturated carbocycles. The van der Waals surface area contributed by atoms with Gasteiger partial charge in [-0.3, -0.25) is 4.79 Å². The maximum absolute atomic E-state index is 13.1. The summed E-state index contributed by atoms with van der Waals surface area (Å²) in [7, 11) is 0. The largest absolute Gasteiger partial charge is 0.350 e. The molecule has 0 atom stereocenters. The smallest absolute Gasteiger partial charge is 0.275 e. The number of benzene rings is 1. The fourth-order valence-corrected chi connectivity index (χ4v) is 1.13. The van der Waals surface area contributed by atoms with E-state index in [4.69, 9.17) is 0 Å². The number of halogens is 1. The van der Waals surface area contributed by atoms with E-state index in [9.17, 15) is 9.18 Å². The van der Waals surface area contributed by atoms with Gasteiger partial charge in [0.1, 0.15) is 11.5 Å². The van der Waals surface area contributed by atoms with Gasteiger partial charge in [0.05, 0.1) is 12.0 Å². The molecule has 0 radical (unpaired) electrons. The molecular weight excluding hydrogens is 197 g/mol. The van der Waals surface area contributed by atoms with Gasteiger partial charge in [0, 0.05) is 6.20 Å². The Hall–Kier alpha value is -2.17. The molecule has 0 saturated heterocycles. The molecule has 0 unspecified atom stereocenters. The van der Waals surface area contributed by atoms with Crippen LogP contribution in [-0.2, 0) is 0 Å². The minimum Gasteiger partial charge on any atom is -0.350 e. The van der Waals surface area contributed by atoms with Crippen molar-refractivity contribution in [1.29, 1.82) is 0 Å².